The smallest absolute Gasteiger partial charge is 0.119 e. The molecule has 76 valence electrons. The van der Waals surface area contributed by atoms with E-state index in [0.717, 1.165) is 30.6 Å². The fourth-order valence-electron chi connectivity index (χ4n) is 1.90. The molecule has 0 aromatic carbocycles. The number of rotatable bonds is 1. The molecule has 1 unspecified atom stereocenters. The minimum absolute atomic E-state index is 0.615. The minimum atomic E-state index is -0.760. The second-order valence-corrected chi connectivity index (χ2v) is 4.03. The van der Waals surface area contributed by atoms with Gasteiger partial charge in [0.1, 0.15) is 5.60 Å². The van der Waals surface area contributed by atoms with Gasteiger partial charge in [-0.3, -0.25) is 4.98 Å². The monoisotopic (exact) mass is 192 g/mol. The van der Waals surface area contributed by atoms with Crippen molar-refractivity contribution in [1.29, 1.82) is 0 Å². The van der Waals surface area contributed by atoms with Crippen LogP contribution < -0.4 is 5.32 Å². The van der Waals surface area contributed by atoms with Crippen LogP contribution in [0.2, 0.25) is 0 Å². The lowest BCUT2D eigenvalue weighted by molar-refractivity contribution is 0.00818. The Balaban J connectivity index is 2.28. The number of nitrogens with zero attached hydrogens (tertiary/aromatic N) is 1. The Morgan fingerprint density at radius 1 is 1.57 bits per heavy atom. The highest BCUT2D eigenvalue weighted by molar-refractivity contribution is 5.20. The number of β-amino-alcohol motifs (C(OH)–C–C–N with tert-alkyl or cyclic N) is 1. The lowest BCUT2D eigenvalue weighted by atomic mass is 9.90. The molecule has 1 saturated heterocycles. The largest absolute Gasteiger partial charge is 0.382 e. The molecular formula is C11H16N2O. The van der Waals surface area contributed by atoms with E-state index in [-0.39, 0.29) is 0 Å². The van der Waals surface area contributed by atoms with Gasteiger partial charge in [-0.2, -0.15) is 0 Å². The fourth-order valence-corrected chi connectivity index (χ4v) is 1.90. The van der Waals surface area contributed by atoms with E-state index >= 15 is 0 Å². The summed E-state index contributed by atoms with van der Waals surface area (Å²) in [6.07, 6.45) is 3.57. The van der Waals surface area contributed by atoms with Crippen LogP contribution in [0.3, 0.4) is 0 Å². The van der Waals surface area contributed by atoms with Crippen molar-refractivity contribution in [2.24, 2.45) is 0 Å². The van der Waals surface area contributed by atoms with E-state index in [0.29, 0.717) is 6.54 Å². The summed E-state index contributed by atoms with van der Waals surface area (Å²) < 4.78 is 0. The number of aromatic nitrogens is 1. The van der Waals surface area contributed by atoms with E-state index in [1.54, 1.807) is 6.20 Å². The Morgan fingerprint density at radius 3 is 3.07 bits per heavy atom. The Bertz CT molecular complexity index is 319. The van der Waals surface area contributed by atoms with E-state index < -0.39 is 5.60 Å². The van der Waals surface area contributed by atoms with Gasteiger partial charge >= 0.3 is 0 Å². The van der Waals surface area contributed by atoms with Gasteiger partial charge in [-0.1, -0.05) is 0 Å². The molecule has 3 heteroatoms. The van der Waals surface area contributed by atoms with Crippen LogP contribution in [0.1, 0.15) is 24.1 Å². The van der Waals surface area contributed by atoms with Crippen molar-refractivity contribution in [3.8, 4) is 0 Å². The summed E-state index contributed by atoms with van der Waals surface area (Å²) in [6, 6.07) is 3.91. The first-order chi connectivity index (χ1) is 6.71. The van der Waals surface area contributed by atoms with Gasteiger partial charge in [-0.15, -0.1) is 0 Å². The topological polar surface area (TPSA) is 45.2 Å². The molecular weight excluding hydrogens is 176 g/mol. The third kappa shape index (κ3) is 1.79. The molecule has 1 atom stereocenters. The van der Waals surface area contributed by atoms with Crippen LogP contribution in [0.25, 0.3) is 0 Å². The maximum Gasteiger partial charge on any atom is 0.119 e. The Hall–Kier alpha value is -0.930. The molecule has 1 fully saturated rings. The summed E-state index contributed by atoms with van der Waals surface area (Å²) in [7, 11) is 0. The zero-order valence-electron chi connectivity index (χ0n) is 8.45. The quantitative estimate of drug-likeness (QED) is 0.696. The van der Waals surface area contributed by atoms with Gasteiger partial charge in [0.2, 0.25) is 0 Å². The number of hydrogen-bond acceptors (Lipinski definition) is 3. The maximum absolute atomic E-state index is 10.3. The molecule has 2 rings (SSSR count). The van der Waals surface area contributed by atoms with Crippen molar-refractivity contribution in [1.82, 2.24) is 10.3 Å². The molecule has 2 N–H and O–H groups in total. The molecule has 3 nitrogen and oxygen atoms in total. The molecule has 1 aliphatic rings. The van der Waals surface area contributed by atoms with Crippen LogP contribution in [-0.4, -0.2) is 23.2 Å². The van der Waals surface area contributed by atoms with Crippen LogP contribution in [0.4, 0.5) is 0 Å². The number of aryl methyl sites for hydroxylation is 1. The van der Waals surface area contributed by atoms with Gasteiger partial charge in [0.25, 0.3) is 0 Å². The van der Waals surface area contributed by atoms with Crippen molar-refractivity contribution in [3.63, 3.8) is 0 Å². The van der Waals surface area contributed by atoms with Gasteiger partial charge in [0, 0.05) is 12.7 Å². The predicted octanol–water partition coefficient (Wildman–Crippen LogP) is 0.961. The highest BCUT2D eigenvalue weighted by atomic mass is 16.3. The predicted molar refractivity (Wildman–Crippen MR) is 55.0 cm³/mol. The summed E-state index contributed by atoms with van der Waals surface area (Å²) in [6.45, 7) is 3.63. The zero-order valence-corrected chi connectivity index (χ0v) is 8.45. The lowest BCUT2D eigenvalue weighted by Gasteiger charge is -2.32. The van der Waals surface area contributed by atoms with Crippen molar-refractivity contribution in [3.05, 3.63) is 29.6 Å². The SMILES string of the molecule is Cc1ccnc(C2(O)CCCNC2)c1. The molecule has 0 radical (unpaired) electrons. The van der Waals surface area contributed by atoms with Gasteiger partial charge in [-0.05, 0) is 44.0 Å². The molecule has 0 amide bonds. The highest BCUT2D eigenvalue weighted by Crippen LogP contribution is 2.26. The van der Waals surface area contributed by atoms with Crippen LogP contribution in [0.15, 0.2) is 18.3 Å². The van der Waals surface area contributed by atoms with Gasteiger partial charge in [0.15, 0.2) is 0 Å². The number of nitrogens with one attached hydrogen (secondary N) is 1. The van der Waals surface area contributed by atoms with Crippen molar-refractivity contribution in [2.45, 2.75) is 25.4 Å². The number of pyridine rings is 1. The molecule has 1 aliphatic heterocycles. The van der Waals surface area contributed by atoms with Crippen LogP contribution in [-0.2, 0) is 5.60 Å². The Kier molecular flexibility index (Phi) is 2.52. The molecule has 1 aromatic rings. The van der Waals surface area contributed by atoms with Gasteiger partial charge in [-0.25, -0.2) is 0 Å². The summed E-state index contributed by atoms with van der Waals surface area (Å²) in [4.78, 5) is 4.24. The Morgan fingerprint density at radius 2 is 2.43 bits per heavy atom. The first-order valence-electron chi connectivity index (χ1n) is 5.07. The molecule has 0 aliphatic carbocycles. The van der Waals surface area contributed by atoms with E-state index in [4.69, 9.17) is 0 Å². The first-order valence-corrected chi connectivity index (χ1v) is 5.07. The Labute approximate surface area is 84.2 Å². The summed E-state index contributed by atoms with van der Waals surface area (Å²) in [5.41, 5.74) is 1.18. The summed E-state index contributed by atoms with van der Waals surface area (Å²) in [5.74, 6) is 0. The van der Waals surface area contributed by atoms with Crippen molar-refractivity contribution in [2.75, 3.05) is 13.1 Å². The molecule has 2 heterocycles. The third-order valence-electron chi connectivity index (χ3n) is 2.75. The fraction of sp³-hybridized carbons (Fsp3) is 0.545. The second-order valence-electron chi connectivity index (χ2n) is 4.03. The third-order valence-corrected chi connectivity index (χ3v) is 2.75. The summed E-state index contributed by atoms with van der Waals surface area (Å²) in [5, 5.41) is 13.5. The van der Waals surface area contributed by atoms with Crippen LogP contribution in [0.5, 0.6) is 0 Å². The number of aliphatic hydroxyl groups is 1. The highest BCUT2D eigenvalue weighted by Gasteiger charge is 2.32. The van der Waals surface area contributed by atoms with Crippen LogP contribution >= 0.6 is 0 Å². The lowest BCUT2D eigenvalue weighted by Crippen LogP contribution is -2.43. The average Bonchev–Trinajstić information content (AvgIpc) is 2.19. The number of hydrogen-bond donors (Lipinski definition) is 2. The van der Waals surface area contributed by atoms with Crippen molar-refractivity contribution >= 4 is 0 Å². The average molecular weight is 192 g/mol. The number of piperidine rings is 1. The minimum Gasteiger partial charge on any atom is -0.382 e. The van der Waals surface area contributed by atoms with E-state index in [1.807, 2.05) is 19.1 Å². The van der Waals surface area contributed by atoms with E-state index in [9.17, 15) is 5.11 Å². The molecule has 1 aromatic heterocycles. The molecule has 0 saturated carbocycles. The molecule has 14 heavy (non-hydrogen) atoms. The summed E-state index contributed by atoms with van der Waals surface area (Å²) >= 11 is 0. The van der Waals surface area contributed by atoms with E-state index in [2.05, 4.69) is 10.3 Å². The second kappa shape index (κ2) is 3.67. The van der Waals surface area contributed by atoms with E-state index in [1.165, 1.54) is 0 Å². The standard InChI is InChI=1S/C11H16N2O/c1-9-3-6-13-10(7-9)11(14)4-2-5-12-8-11/h3,6-7,12,14H,2,4-5,8H2,1H3. The van der Waals surface area contributed by atoms with Gasteiger partial charge in [0.05, 0.1) is 5.69 Å². The normalized spacial score (nSPS) is 27.6. The van der Waals surface area contributed by atoms with Gasteiger partial charge < -0.3 is 10.4 Å². The van der Waals surface area contributed by atoms with Crippen molar-refractivity contribution < 1.29 is 5.11 Å². The molecule has 0 spiro atoms. The first kappa shape index (κ1) is 9.62. The maximum atomic E-state index is 10.3. The molecule has 0 bridgehead atoms. The van der Waals surface area contributed by atoms with Crippen LogP contribution in [0, 0.1) is 6.92 Å². The zero-order chi connectivity index (χ0) is 10.0.